The van der Waals surface area contributed by atoms with Gasteiger partial charge in [0, 0.05) is 35.7 Å². The average molecular weight is 647 g/mol. The molecule has 1 fully saturated rings. The van der Waals surface area contributed by atoms with Gasteiger partial charge in [0.15, 0.2) is 11.6 Å². The number of nitrogens with zero attached hydrogens (tertiary/aromatic N) is 3. The molecule has 3 heterocycles. The first-order chi connectivity index (χ1) is 22.4. The molecule has 1 aromatic heterocycles. The van der Waals surface area contributed by atoms with E-state index < -0.39 is 28.9 Å². The SMILES string of the molecule is CCC1NC(c2cccc(NC(=O)c3c(F)cccc3F)c2)=C(c2ccnc(Nc3ccc(OCCN4CCCC4)c(F)c3)n2)S1. The van der Waals surface area contributed by atoms with Gasteiger partial charge in [0.1, 0.15) is 23.8 Å². The predicted molar refractivity (Wildman–Crippen MR) is 175 cm³/mol. The second kappa shape index (κ2) is 14.3. The quantitative estimate of drug-likeness (QED) is 0.157. The van der Waals surface area contributed by atoms with Crippen LogP contribution in [0.15, 0.2) is 72.9 Å². The molecule has 2 aliphatic heterocycles. The predicted octanol–water partition coefficient (Wildman–Crippen LogP) is 7.26. The fourth-order valence-electron chi connectivity index (χ4n) is 5.37. The van der Waals surface area contributed by atoms with Crippen molar-refractivity contribution in [1.29, 1.82) is 0 Å². The van der Waals surface area contributed by atoms with Crippen LogP contribution in [0.1, 0.15) is 47.8 Å². The molecule has 0 bridgehead atoms. The second-order valence-electron chi connectivity index (χ2n) is 10.9. The van der Waals surface area contributed by atoms with Crippen LogP contribution in [0.25, 0.3) is 10.6 Å². The largest absolute Gasteiger partial charge is 0.489 e. The molecular formula is C34H33F3N6O2S. The maximum Gasteiger partial charge on any atom is 0.261 e. The van der Waals surface area contributed by atoms with Crippen LogP contribution in [-0.4, -0.2) is 52.4 Å². The van der Waals surface area contributed by atoms with Crippen LogP contribution >= 0.6 is 11.8 Å². The molecule has 1 amide bonds. The molecule has 1 unspecified atom stereocenters. The Labute approximate surface area is 269 Å². The Kier molecular flexibility index (Phi) is 9.74. The maximum atomic E-state index is 14.8. The summed E-state index contributed by atoms with van der Waals surface area (Å²) in [5.74, 6) is -2.74. The molecule has 2 aliphatic rings. The van der Waals surface area contributed by atoms with Gasteiger partial charge in [-0.15, -0.1) is 0 Å². The molecule has 0 spiro atoms. The molecule has 3 N–H and O–H groups in total. The van der Waals surface area contributed by atoms with Crippen molar-refractivity contribution in [2.75, 3.05) is 36.9 Å². The Morgan fingerprint density at radius 1 is 1.00 bits per heavy atom. The van der Waals surface area contributed by atoms with Crippen molar-refractivity contribution in [1.82, 2.24) is 20.2 Å². The van der Waals surface area contributed by atoms with Crippen LogP contribution in [0, 0.1) is 17.5 Å². The zero-order valence-corrected chi connectivity index (χ0v) is 26.0. The number of hydrogen-bond acceptors (Lipinski definition) is 8. The van der Waals surface area contributed by atoms with E-state index in [4.69, 9.17) is 9.72 Å². The lowest BCUT2D eigenvalue weighted by molar-refractivity contribution is 0.101. The smallest absolute Gasteiger partial charge is 0.261 e. The van der Waals surface area contributed by atoms with E-state index in [0.717, 1.165) is 54.4 Å². The molecular weight excluding hydrogens is 613 g/mol. The Bertz CT molecular complexity index is 1740. The summed E-state index contributed by atoms with van der Waals surface area (Å²) in [5.41, 5.74) is 2.39. The number of aromatic nitrogens is 2. The number of halogens is 3. The number of carbonyl (C=O) groups excluding carboxylic acids is 1. The first-order valence-electron chi connectivity index (χ1n) is 15.2. The van der Waals surface area contributed by atoms with Gasteiger partial charge in [-0.25, -0.2) is 23.1 Å². The van der Waals surface area contributed by atoms with E-state index in [1.807, 2.05) is 6.07 Å². The highest BCUT2D eigenvalue weighted by molar-refractivity contribution is 8.09. The highest BCUT2D eigenvalue weighted by Crippen LogP contribution is 2.43. The van der Waals surface area contributed by atoms with E-state index in [2.05, 4.69) is 32.8 Å². The first-order valence-corrected chi connectivity index (χ1v) is 16.0. The number of likely N-dealkylation sites (tertiary alicyclic amines) is 1. The molecule has 4 aromatic rings. The zero-order chi connectivity index (χ0) is 32.0. The number of nitrogens with one attached hydrogen (secondary N) is 3. The van der Waals surface area contributed by atoms with Crippen LogP contribution in [0.2, 0.25) is 0 Å². The zero-order valence-electron chi connectivity index (χ0n) is 25.2. The molecule has 1 atom stereocenters. The normalized spacial score (nSPS) is 16.4. The number of ether oxygens (including phenoxy) is 1. The molecule has 12 heteroatoms. The average Bonchev–Trinajstić information content (AvgIpc) is 3.73. The van der Waals surface area contributed by atoms with Gasteiger partial charge in [-0.2, -0.15) is 0 Å². The topological polar surface area (TPSA) is 91.4 Å². The highest BCUT2D eigenvalue weighted by atomic mass is 32.2. The van der Waals surface area contributed by atoms with Crippen LogP contribution < -0.4 is 20.7 Å². The minimum atomic E-state index is -0.939. The number of thioether (sulfide) groups is 1. The van der Waals surface area contributed by atoms with Crippen LogP contribution in [0.4, 0.5) is 30.5 Å². The summed E-state index contributed by atoms with van der Waals surface area (Å²) in [6.07, 6.45) is 4.84. The Morgan fingerprint density at radius 3 is 2.54 bits per heavy atom. The summed E-state index contributed by atoms with van der Waals surface area (Å²) in [5, 5.41) is 9.26. The molecule has 6 rings (SSSR count). The van der Waals surface area contributed by atoms with Crippen LogP contribution in [0.3, 0.4) is 0 Å². The fourth-order valence-corrected chi connectivity index (χ4v) is 6.52. The summed E-state index contributed by atoms with van der Waals surface area (Å²) in [6.45, 7) is 5.38. The lowest BCUT2D eigenvalue weighted by atomic mass is 10.1. The minimum Gasteiger partial charge on any atom is -0.489 e. The summed E-state index contributed by atoms with van der Waals surface area (Å²) in [7, 11) is 0. The van der Waals surface area contributed by atoms with Gasteiger partial charge in [0.05, 0.1) is 21.7 Å². The van der Waals surface area contributed by atoms with Crippen molar-refractivity contribution < 1.29 is 22.7 Å². The summed E-state index contributed by atoms with van der Waals surface area (Å²) in [6, 6.07) is 16.8. The number of anilines is 3. The van der Waals surface area contributed by atoms with Gasteiger partial charge in [0.25, 0.3) is 5.91 Å². The van der Waals surface area contributed by atoms with Gasteiger partial charge in [-0.05, 0) is 74.8 Å². The van der Waals surface area contributed by atoms with Crippen molar-refractivity contribution in [3.8, 4) is 5.75 Å². The van der Waals surface area contributed by atoms with Crippen molar-refractivity contribution in [3.63, 3.8) is 0 Å². The molecule has 238 valence electrons. The summed E-state index contributed by atoms with van der Waals surface area (Å²) < 4.78 is 48.9. The van der Waals surface area contributed by atoms with Crippen molar-refractivity contribution in [2.24, 2.45) is 0 Å². The lowest BCUT2D eigenvalue weighted by Gasteiger charge is -2.15. The molecule has 0 radical (unpaired) electrons. The molecule has 3 aromatic carbocycles. The van der Waals surface area contributed by atoms with Gasteiger partial charge < -0.3 is 20.7 Å². The number of amides is 1. The third-order valence-electron chi connectivity index (χ3n) is 7.70. The van der Waals surface area contributed by atoms with E-state index in [9.17, 15) is 18.0 Å². The minimum absolute atomic E-state index is 0.0641. The van der Waals surface area contributed by atoms with Crippen LogP contribution in [-0.2, 0) is 0 Å². The Balaban J connectivity index is 1.19. The first kappa shape index (κ1) is 31.4. The lowest BCUT2D eigenvalue weighted by Crippen LogP contribution is -2.25. The number of rotatable bonds is 11. The van der Waals surface area contributed by atoms with Crippen molar-refractivity contribution in [2.45, 2.75) is 31.6 Å². The van der Waals surface area contributed by atoms with E-state index in [1.165, 1.54) is 25.0 Å². The molecule has 0 saturated carbocycles. The monoisotopic (exact) mass is 646 g/mol. The number of carbonyl (C=O) groups is 1. The summed E-state index contributed by atoms with van der Waals surface area (Å²) in [4.78, 5) is 24.9. The Morgan fingerprint density at radius 2 is 1.78 bits per heavy atom. The third-order valence-corrected chi connectivity index (χ3v) is 9.09. The molecule has 46 heavy (non-hydrogen) atoms. The van der Waals surface area contributed by atoms with E-state index in [1.54, 1.807) is 54.4 Å². The van der Waals surface area contributed by atoms with Gasteiger partial charge in [-0.1, -0.05) is 36.9 Å². The number of benzene rings is 3. The van der Waals surface area contributed by atoms with E-state index in [-0.39, 0.29) is 11.1 Å². The second-order valence-corrected chi connectivity index (χ2v) is 12.1. The van der Waals surface area contributed by atoms with Gasteiger partial charge in [-0.3, -0.25) is 9.69 Å². The van der Waals surface area contributed by atoms with Gasteiger partial charge in [0.2, 0.25) is 5.95 Å². The van der Waals surface area contributed by atoms with E-state index in [0.29, 0.717) is 29.6 Å². The van der Waals surface area contributed by atoms with Crippen LogP contribution in [0.5, 0.6) is 5.75 Å². The fraction of sp³-hybridized carbons (Fsp3) is 0.265. The Hall–Kier alpha value is -4.55. The molecule has 0 aliphatic carbocycles. The van der Waals surface area contributed by atoms with Gasteiger partial charge >= 0.3 is 0 Å². The van der Waals surface area contributed by atoms with Crippen molar-refractivity contribution >= 4 is 45.6 Å². The maximum absolute atomic E-state index is 14.8. The standard InChI is InChI=1S/C34H33F3N6O2S/c1-2-29-42-31(21-7-5-8-22(19-21)39-33(44)30-24(35)9-6-10-25(30)36)32(46-29)27-13-14-38-34(41-27)40-23-11-12-28(26(37)20-23)45-18-17-43-15-3-4-16-43/h5-14,19-20,29,42H,2-4,15-18H2,1H3,(H,39,44)(H,38,40,41). The third kappa shape index (κ3) is 7.29. The summed E-state index contributed by atoms with van der Waals surface area (Å²) >= 11 is 1.61. The van der Waals surface area contributed by atoms with E-state index >= 15 is 0 Å². The van der Waals surface area contributed by atoms with Crippen molar-refractivity contribution in [3.05, 3.63) is 107 Å². The number of hydrogen-bond donors (Lipinski definition) is 3. The molecule has 8 nitrogen and oxygen atoms in total. The molecule has 1 saturated heterocycles. The highest BCUT2D eigenvalue weighted by Gasteiger charge is 2.27.